The molecule has 0 radical (unpaired) electrons. The standard InChI is InChI=1S/C12H22N4O2S/c1-4-10-8-16(6-5-11(10)13-3)19(17,18)12-7-14-9(2)15-12/h7,10-11,13H,4-6,8H2,1-3H3,(H,14,15). The van der Waals surface area contributed by atoms with Crippen LogP contribution in [0.15, 0.2) is 11.2 Å². The van der Waals surface area contributed by atoms with Gasteiger partial charge in [0.25, 0.3) is 10.0 Å². The molecular weight excluding hydrogens is 264 g/mol. The number of hydrogen-bond acceptors (Lipinski definition) is 4. The zero-order valence-corrected chi connectivity index (χ0v) is 12.5. The molecule has 1 aliphatic rings. The number of H-pyrrole nitrogens is 1. The summed E-state index contributed by atoms with van der Waals surface area (Å²) in [6.07, 6.45) is 3.22. The fourth-order valence-corrected chi connectivity index (χ4v) is 4.15. The monoisotopic (exact) mass is 286 g/mol. The summed E-state index contributed by atoms with van der Waals surface area (Å²) in [5.74, 6) is 0.980. The molecular formula is C12H22N4O2S. The highest BCUT2D eigenvalue weighted by Crippen LogP contribution is 2.24. The highest BCUT2D eigenvalue weighted by atomic mass is 32.2. The first-order valence-corrected chi connectivity index (χ1v) is 8.12. The minimum Gasteiger partial charge on any atom is -0.332 e. The number of rotatable bonds is 4. The van der Waals surface area contributed by atoms with Crippen LogP contribution in [-0.2, 0) is 10.0 Å². The first-order chi connectivity index (χ1) is 8.98. The van der Waals surface area contributed by atoms with Crippen molar-refractivity contribution in [3.63, 3.8) is 0 Å². The molecule has 19 heavy (non-hydrogen) atoms. The van der Waals surface area contributed by atoms with Gasteiger partial charge >= 0.3 is 0 Å². The second-order valence-electron chi connectivity index (χ2n) is 5.05. The van der Waals surface area contributed by atoms with Gasteiger partial charge in [0, 0.05) is 19.1 Å². The van der Waals surface area contributed by atoms with Gasteiger partial charge in [0.1, 0.15) is 5.82 Å². The molecule has 0 amide bonds. The first kappa shape index (κ1) is 14.5. The van der Waals surface area contributed by atoms with E-state index in [1.54, 1.807) is 11.2 Å². The Labute approximate surface area is 114 Å². The molecule has 0 spiro atoms. The minimum absolute atomic E-state index is 0.197. The van der Waals surface area contributed by atoms with Crippen molar-refractivity contribution in [2.75, 3.05) is 20.1 Å². The van der Waals surface area contributed by atoms with E-state index in [1.807, 2.05) is 7.05 Å². The third kappa shape index (κ3) is 2.82. The van der Waals surface area contributed by atoms with Crippen LogP contribution in [0.2, 0.25) is 0 Å². The Kier molecular flexibility index (Phi) is 4.27. The van der Waals surface area contributed by atoms with E-state index in [-0.39, 0.29) is 5.03 Å². The first-order valence-electron chi connectivity index (χ1n) is 6.68. The van der Waals surface area contributed by atoms with Gasteiger partial charge in [-0.15, -0.1) is 0 Å². The topological polar surface area (TPSA) is 78.1 Å². The van der Waals surface area contributed by atoms with E-state index >= 15 is 0 Å². The van der Waals surface area contributed by atoms with Crippen LogP contribution in [0.1, 0.15) is 25.6 Å². The lowest BCUT2D eigenvalue weighted by atomic mass is 9.91. The molecule has 6 nitrogen and oxygen atoms in total. The molecule has 1 aromatic rings. The normalized spacial score (nSPS) is 25.6. The van der Waals surface area contributed by atoms with E-state index in [0.29, 0.717) is 30.9 Å². The second-order valence-corrected chi connectivity index (χ2v) is 6.95. The third-order valence-corrected chi connectivity index (χ3v) is 5.66. The zero-order valence-electron chi connectivity index (χ0n) is 11.7. The SMILES string of the molecule is CCC1CN(S(=O)(=O)c2cnc(C)[nH]2)CCC1NC. The van der Waals surface area contributed by atoms with Crippen LogP contribution in [-0.4, -0.2) is 48.9 Å². The maximum atomic E-state index is 12.5. The van der Waals surface area contributed by atoms with Crippen LogP contribution in [0, 0.1) is 12.8 Å². The molecule has 0 bridgehead atoms. The van der Waals surface area contributed by atoms with Gasteiger partial charge in [-0.1, -0.05) is 13.3 Å². The molecule has 2 N–H and O–H groups in total. The van der Waals surface area contributed by atoms with Gasteiger partial charge in [0.15, 0.2) is 5.03 Å². The predicted octanol–water partition coefficient (Wildman–Crippen LogP) is 0.727. The van der Waals surface area contributed by atoms with Crippen molar-refractivity contribution in [2.24, 2.45) is 5.92 Å². The van der Waals surface area contributed by atoms with E-state index in [4.69, 9.17) is 0 Å². The van der Waals surface area contributed by atoms with Crippen molar-refractivity contribution < 1.29 is 8.42 Å². The number of sulfonamides is 1. The van der Waals surface area contributed by atoms with Crippen molar-refractivity contribution in [1.29, 1.82) is 0 Å². The molecule has 0 saturated carbocycles. The Balaban J connectivity index is 2.18. The second kappa shape index (κ2) is 5.60. The summed E-state index contributed by atoms with van der Waals surface area (Å²) in [6, 6.07) is 0.403. The highest BCUT2D eigenvalue weighted by molar-refractivity contribution is 7.89. The van der Waals surface area contributed by atoms with Gasteiger partial charge in [-0.25, -0.2) is 13.4 Å². The number of aromatic amines is 1. The van der Waals surface area contributed by atoms with Gasteiger partial charge in [-0.05, 0) is 26.3 Å². The average Bonchev–Trinajstić information content (AvgIpc) is 2.85. The van der Waals surface area contributed by atoms with Crippen molar-refractivity contribution in [3.8, 4) is 0 Å². The van der Waals surface area contributed by atoms with Crippen LogP contribution in [0.4, 0.5) is 0 Å². The van der Waals surface area contributed by atoms with Crippen LogP contribution in [0.3, 0.4) is 0 Å². The Hall–Kier alpha value is -0.920. The molecule has 1 fully saturated rings. The molecule has 2 heterocycles. The Bertz CT molecular complexity index is 526. The molecule has 1 aromatic heterocycles. The lowest BCUT2D eigenvalue weighted by Gasteiger charge is -2.37. The Morgan fingerprint density at radius 3 is 2.84 bits per heavy atom. The number of aryl methyl sites for hydroxylation is 1. The maximum Gasteiger partial charge on any atom is 0.260 e. The molecule has 0 aromatic carbocycles. The van der Waals surface area contributed by atoms with Gasteiger partial charge in [-0.2, -0.15) is 4.31 Å². The largest absolute Gasteiger partial charge is 0.332 e. The summed E-state index contributed by atoms with van der Waals surface area (Å²) >= 11 is 0. The van der Waals surface area contributed by atoms with Crippen molar-refractivity contribution >= 4 is 10.0 Å². The molecule has 1 aliphatic heterocycles. The molecule has 2 unspecified atom stereocenters. The lowest BCUT2D eigenvalue weighted by Crippen LogP contribution is -2.50. The summed E-state index contributed by atoms with van der Waals surface area (Å²) in [6.45, 7) is 4.98. The van der Waals surface area contributed by atoms with E-state index in [0.717, 1.165) is 12.8 Å². The summed E-state index contributed by atoms with van der Waals surface area (Å²) in [7, 11) is -1.49. The van der Waals surface area contributed by atoms with Crippen LogP contribution < -0.4 is 5.32 Å². The van der Waals surface area contributed by atoms with Crippen LogP contribution in [0.5, 0.6) is 0 Å². The predicted molar refractivity (Wildman–Crippen MR) is 73.3 cm³/mol. The molecule has 0 aliphatic carbocycles. The number of nitrogens with one attached hydrogen (secondary N) is 2. The molecule has 2 atom stereocenters. The summed E-state index contributed by atoms with van der Waals surface area (Å²) in [4.78, 5) is 6.79. The molecule has 108 valence electrons. The smallest absolute Gasteiger partial charge is 0.260 e. The van der Waals surface area contributed by atoms with Gasteiger partial charge in [-0.3, -0.25) is 0 Å². The van der Waals surface area contributed by atoms with Crippen molar-refractivity contribution in [3.05, 3.63) is 12.0 Å². The van der Waals surface area contributed by atoms with Crippen molar-refractivity contribution in [1.82, 2.24) is 19.6 Å². The average molecular weight is 286 g/mol. The quantitative estimate of drug-likeness (QED) is 0.855. The van der Waals surface area contributed by atoms with E-state index in [9.17, 15) is 8.42 Å². The zero-order chi connectivity index (χ0) is 14.0. The summed E-state index contributed by atoms with van der Waals surface area (Å²) in [5.41, 5.74) is 0. The number of hydrogen-bond donors (Lipinski definition) is 2. The minimum atomic E-state index is -3.43. The number of nitrogens with zero attached hydrogens (tertiary/aromatic N) is 2. The summed E-state index contributed by atoms with van der Waals surface area (Å²) < 4.78 is 26.6. The van der Waals surface area contributed by atoms with E-state index < -0.39 is 10.0 Å². The van der Waals surface area contributed by atoms with Crippen LogP contribution >= 0.6 is 0 Å². The fraction of sp³-hybridized carbons (Fsp3) is 0.750. The highest BCUT2D eigenvalue weighted by Gasteiger charge is 2.34. The van der Waals surface area contributed by atoms with E-state index in [1.165, 1.54) is 6.20 Å². The van der Waals surface area contributed by atoms with Gasteiger partial charge in [0.05, 0.1) is 6.20 Å². The molecule has 1 saturated heterocycles. The molecule has 7 heteroatoms. The maximum absolute atomic E-state index is 12.5. The van der Waals surface area contributed by atoms with Crippen LogP contribution in [0.25, 0.3) is 0 Å². The Morgan fingerprint density at radius 2 is 2.32 bits per heavy atom. The third-order valence-electron chi connectivity index (χ3n) is 3.89. The molecule has 2 rings (SSSR count). The van der Waals surface area contributed by atoms with Crippen molar-refractivity contribution in [2.45, 2.75) is 37.8 Å². The van der Waals surface area contributed by atoms with Gasteiger partial charge < -0.3 is 10.3 Å². The number of aromatic nitrogens is 2. The lowest BCUT2D eigenvalue weighted by molar-refractivity contribution is 0.209. The Morgan fingerprint density at radius 1 is 1.58 bits per heavy atom. The summed E-state index contributed by atoms with van der Waals surface area (Å²) in [5, 5.41) is 3.48. The number of imidazole rings is 1. The number of piperidine rings is 1. The van der Waals surface area contributed by atoms with Gasteiger partial charge in [0.2, 0.25) is 0 Å². The van der Waals surface area contributed by atoms with E-state index in [2.05, 4.69) is 22.2 Å². The fourth-order valence-electron chi connectivity index (χ4n) is 2.68.